The van der Waals surface area contributed by atoms with Gasteiger partial charge in [-0.1, -0.05) is 13.0 Å². The summed E-state index contributed by atoms with van der Waals surface area (Å²) >= 11 is 0. The van der Waals surface area contributed by atoms with Gasteiger partial charge in [-0.25, -0.2) is 4.79 Å². The zero-order valence-electron chi connectivity index (χ0n) is 13.8. The first-order chi connectivity index (χ1) is 10.5. The van der Waals surface area contributed by atoms with Crippen LogP contribution in [0, 0.1) is 6.92 Å². The van der Waals surface area contributed by atoms with Crippen LogP contribution < -0.4 is 10.6 Å². The number of urea groups is 1. The van der Waals surface area contributed by atoms with E-state index in [9.17, 15) is 9.59 Å². The summed E-state index contributed by atoms with van der Waals surface area (Å²) in [5, 5.41) is 5.57. The van der Waals surface area contributed by atoms with E-state index in [0.29, 0.717) is 17.3 Å². The summed E-state index contributed by atoms with van der Waals surface area (Å²) in [5.41, 5.74) is 2.19. The molecule has 1 aliphatic heterocycles. The quantitative estimate of drug-likeness (QED) is 0.901. The minimum Gasteiger partial charge on any atom is -0.355 e. The lowest BCUT2D eigenvalue weighted by molar-refractivity contribution is 0.0963. The number of carbonyl (C=O) groups is 2. The van der Waals surface area contributed by atoms with Gasteiger partial charge in [-0.2, -0.15) is 0 Å². The van der Waals surface area contributed by atoms with Crippen molar-refractivity contribution in [1.29, 1.82) is 0 Å². The number of aryl methyl sites for hydroxylation is 1. The molecule has 1 aliphatic rings. The number of benzene rings is 1. The molecule has 2 atom stereocenters. The van der Waals surface area contributed by atoms with Gasteiger partial charge < -0.3 is 15.5 Å². The minimum atomic E-state index is -0.156. The summed E-state index contributed by atoms with van der Waals surface area (Å²) in [6, 6.07) is 5.83. The number of amides is 3. The summed E-state index contributed by atoms with van der Waals surface area (Å²) in [7, 11) is 1.60. The maximum absolute atomic E-state index is 12.6. The first-order valence-corrected chi connectivity index (χ1v) is 7.90. The molecule has 1 aromatic rings. The van der Waals surface area contributed by atoms with E-state index in [-0.39, 0.29) is 18.0 Å². The molecule has 5 nitrogen and oxygen atoms in total. The van der Waals surface area contributed by atoms with Crippen LogP contribution in [0.3, 0.4) is 0 Å². The van der Waals surface area contributed by atoms with Gasteiger partial charge in [0.05, 0.1) is 0 Å². The lowest BCUT2D eigenvalue weighted by atomic mass is 10.1. The molecule has 0 radical (unpaired) electrons. The summed E-state index contributed by atoms with van der Waals surface area (Å²) < 4.78 is 0. The normalized spacial score (nSPS) is 20.8. The van der Waals surface area contributed by atoms with Crippen LogP contribution in [0.5, 0.6) is 0 Å². The molecule has 5 heteroatoms. The highest BCUT2D eigenvalue weighted by Gasteiger charge is 2.33. The third kappa shape index (κ3) is 3.24. The van der Waals surface area contributed by atoms with Gasteiger partial charge in [0.1, 0.15) is 0 Å². The van der Waals surface area contributed by atoms with Gasteiger partial charge in [0, 0.05) is 30.4 Å². The highest BCUT2D eigenvalue weighted by Crippen LogP contribution is 2.27. The van der Waals surface area contributed by atoms with Crippen molar-refractivity contribution in [2.75, 3.05) is 12.4 Å². The highest BCUT2D eigenvalue weighted by atomic mass is 16.2. The molecule has 0 spiro atoms. The second-order valence-corrected chi connectivity index (χ2v) is 5.93. The number of carbonyl (C=O) groups excluding carboxylic acids is 2. The molecule has 120 valence electrons. The molecule has 1 heterocycles. The van der Waals surface area contributed by atoms with Crippen LogP contribution in [0.2, 0.25) is 0 Å². The van der Waals surface area contributed by atoms with Crippen molar-refractivity contribution < 1.29 is 9.59 Å². The second-order valence-electron chi connectivity index (χ2n) is 5.93. The van der Waals surface area contributed by atoms with E-state index in [1.54, 1.807) is 19.2 Å². The number of hydrogen-bond donors (Lipinski definition) is 2. The number of nitrogens with one attached hydrogen (secondary N) is 2. The Morgan fingerprint density at radius 1 is 1.32 bits per heavy atom. The molecule has 2 rings (SSSR count). The van der Waals surface area contributed by atoms with Crippen molar-refractivity contribution >= 4 is 17.6 Å². The fourth-order valence-corrected chi connectivity index (χ4v) is 3.06. The van der Waals surface area contributed by atoms with Crippen molar-refractivity contribution in [3.05, 3.63) is 29.3 Å². The molecule has 1 aromatic carbocycles. The number of anilines is 1. The van der Waals surface area contributed by atoms with E-state index in [1.165, 1.54) is 0 Å². The standard InChI is InChI=1S/C17H25N3O2/c1-5-14-9-7-12(3)20(14)17(22)19-15-10-13(16(21)18-4)8-6-11(15)2/h6,8,10,12,14H,5,7,9H2,1-4H3,(H,18,21)(H,19,22). The summed E-state index contributed by atoms with van der Waals surface area (Å²) in [6.07, 6.45) is 3.07. The molecule has 0 aliphatic carbocycles. The van der Waals surface area contributed by atoms with Crippen molar-refractivity contribution in [1.82, 2.24) is 10.2 Å². The van der Waals surface area contributed by atoms with Gasteiger partial charge in [0.25, 0.3) is 5.91 Å². The third-order valence-corrected chi connectivity index (χ3v) is 4.46. The van der Waals surface area contributed by atoms with Crippen LogP contribution in [0.25, 0.3) is 0 Å². The first-order valence-electron chi connectivity index (χ1n) is 7.90. The molecule has 0 bridgehead atoms. The van der Waals surface area contributed by atoms with Gasteiger partial charge in [-0.05, 0) is 50.8 Å². The maximum Gasteiger partial charge on any atom is 0.322 e. The van der Waals surface area contributed by atoms with Crippen LogP contribution in [0.4, 0.5) is 10.5 Å². The second kappa shape index (κ2) is 6.81. The van der Waals surface area contributed by atoms with Gasteiger partial charge in [0.15, 0.2) is 0 Å². The first kappa shape index (κ1) is 16.3. The lowest BCUT2D eigenvalue weighted by Gasteiger charge is -2.28. The topological polar surface area (TPSA) is 61.4 Å². The van der Waals surface area contributed by atoms with E-state index in [4.69, 9.17) is 0 Å². The van der Waals surface area contributed by atoms with Crippen molar-refractivity contribution in [2.45, 2.75) is 52.1 Å². The Kier molecular flexibility index (Phi) is 5.06. The lowest BCUT2D eigenvalue weighted by Crippen LogP contribution is -2.42. The SMILES string of the molecule is CCC1CCC(C)N1C(=O)Nc1cc(C(=O)NC)ccc1C. The highest BCUT2D eigenvalue weighted by molar-refractivity contribution is 5.97. The molecular formula is C17H25N3O2. The van der Waals surface area contributed by atoms with Gasteiger partial charge >= 0.3 is 6.03 Å². The van der Waals surface area contributed by atoms with E-state index < -0.39 is 0 Å². The predicted octanol–water partition coefficient (Wildman–Crippen LogP) is 3.15. The number of hydrogen-bond acceptors (Lipinski definition) is 2. The van der Waals surface area contributed by atoms with Crippen LogP contribution in [-0.4, -0.2) is 36.0 Å². The van der Waals surface area contributed by atoms with E-state index >= 15 is 0 Å². The summed E-state index contributed by atoms with van der Waals surface area (Å²) in [6.45, 7) is 6.12. The monoisotopic (exact) mass is 303 g/mol. The Hall–Kier alpha value is -2.04. The Morgan fingerprint density at radius 2 is 2.05 bits per heavy atom. The number of likely N-dealkylation sites (tertiary alicyclic amines) is 1. The minimum absolute atomic E-state index is 0.0750. The Bertz CT molecular complexity index is 571. The van der Waals surface area contributed by atoms with E-state index in [0.717, 1.165) is 24.8 Å². The van der Waals surface area contributed by atoms with Gasteiger partial charge in [-0.3, -0.25) is 4.79 Å². The van der Waals surface area contributed by atoms with Crippen molar-refractivity contribution in [3.63, 3.8) is 0 Å². The van der Waals surface area contributed by atoms with Gasteiger partial charge in [0.2, 0.25) is 0 Å². The molecule has 1 fully saturated rings. The molecular weight excluding hydrogens is 278 g/mol. The fraction of sp³-hybridized carbons (Fsp3) is 0.529. The Labute approximate surface area is 132 Å². The molecule has 1 saturated heterocycles. The Morgan fingerprint density at radius 3 is 2.68 bits per heavy atom. The molecule has 0 aromatic heterocycles. The largest absolute Gasteiger partial charge is 0.355 e. The van der Waals surface area contributed by atoms with Gasteiger partial charge in [-0.15, -0.1) is 0 Å². The van der Waals surface area contributed by atoms with Crippen LogP contribution >= 0.6 is 0 Å². The molecule has 0 saturated carbocycles. The number of rotatable bonds is 3. The summed E-state index contributed by atoms with van der Waals surface area (Å²) in [4.78, 5) is 26.3. The average molecular weight is 303 g/mol. The molecule has 3 amide bonds. The molecule has 2 unspecified atom stereocenters. The van der Waals surface area contributed by atoms with Crippen LogP contribution in [0.1, 0.15) is 49.0 Å². The zero-order chi connectivity index (χ0) is 16.3. The molecule has 2 N–H and O–H groups in total. The van der Waals surface area contributed by atoms with Crippen molar-refractivity contribution in [3.8, 4) is 0 Å². The smallest absolute Gasteiger partial charge is 0.322 e. The molecule has 22 heavy (non-hydrogen) atoms. The van der Waals surface area contributed by atoms with Crippen molar-refractivity contribution in [2.24, 2.45) is 0 Å². The summed E-state index contributed by atoms with van der Waals surface area (Å²) in [5.74, 6) is -0.156. The van der Waals surface area contributed by atoms with E-state index in [1.807, 2.05) is 17.9 Å². The number of nitrogens with zero attached hydrogens (tertiary/aromatic N) is 1. The average Bonchev–Trinajstić information content (AvgIpc) is 2.89. The predicted molar refractivity (Wildman–Crippen MR) is 88.2 cm³/mol. The zero-order valence-corrected chi connectivity index (χ0v) is 13.8. The maximum atomic E-state index is 12.6. The van der Waals surface area contributed by atoms with Crippen LogP contribution in [-0.2, 0) is 0 Å². The third-order valence-electron chi connectivity index (χ3n) is 4.46. The van der Waals surface area contributed by atoms with Crippen LogP contribution in [0.15, 0.2) is 18.2 Å². The fourth-order valence-electron chi connectivity index (χ4n) is 3.06. The van der Waals surface area contributed by atoms with E-state index in [2.05, 4.69) is 24.5 Å². The Balaban J connectivity index is 2.19.